The average Bonchev–Trinajstić information content (AvgIpc) is 3.51. The fraction of sp³-hybridized carbons (Fsp3) is 0.559. The Bertz CT molecular complexity index is 1720. The van der Waals surface area contributed by atoms with Crippen LogP contribution >= 0.6 is 0 Å². The number of hydrogen-bond donors (Lipinski definition) is 2. The van der Waals surface area contributed by atoms with Crippen molar-refractivity contribution in [3.8, 4) is 6.07 Å². The molecule has 17 heteroatoms. The third kappa shape index (κ3) is 9.50. The maximum absolute atomic E-state index is 14.0. The van der Waals surface area contributed by atoms with Gasteiger partial charge in [-0.25, -0.2) is 14.8 Å². The first-order chi connectivity index (χ1) is 24.3. The Hall–Kier alpha value is -4.82. The number of hydrazine groups is 1. The molecule has 2 amide bonds. The van der Waals surface area contributed by atoms with E-state index < -0.39 is 12.1 Å². The second-order valence-corrected chi connectivity index (χ2v) is 13.3. The fourth-order valence-corrected chi connectivity index (χ4v) is 6.67. The molecule has 0 bridgehead atoms. The highest BCUT2D eigenvalue weighted by Crippen LogP contribution is 2.27. The standard InChI is InChI=1S/C32H42N10O2.C2HF3O2/c1-38-16-18-41(19-17-38)31(43)25-12-14-40(15-13-25)21-23-8-10-24(11-9-23)32(44)42(26-6-4-3-5-7-26)37-29-28-30(39(2)22-34-28)36-27(20-33)35-29;3-2(4,5)1(6)7/h8-11,22,25-26H,3-7,12-19,21H2,1-2H3,(H,35,36,37);(H,6,7). The number of fused-ring (bicyclic) bond motifs is 1. The lowest BCUT2D eigenvalue weighted by Crippen LogP contribution is -2.50. The molecule has 2 aromatic heterocycles. The van der Waals surface area contributed by atoms with Gasteiger partial charge in [-0.2, -0.15) is 28.4 Å². The normalized spacial score (nSPS) is 18.1. The number of alkyl halides is 3. The Morgan fingerprint density at radius 2 is 1.59 bits per heavy atom. The molecule has 6 rings (SSSR count). The van der Waals surface area contributed by atoms with Crippen LogP contribution in [0, 0.1) is 17.2 Å². The van der Waals surface area contributed by atoms with Gasteiger partial charge in [0.15, 0.2) is 17.0 Å². The van der Waals surface area contributed by atoms with Gasteiger partial charge in [-0.05, 0) is 63.5 Å². The van der Waals surface area contributed by atoms with Gasteiger partial charge in [0.25, 0.3) is 5.91 Å². The number of rotatable bonds is 7. The Labute approximate surface area is 293 Å². The zero-order valence-electron chi connectivity index (χ0n) is 28.8. The van der Waals surface area contributed by atoms with E-state index in [0.29, 0.717) is 28.5 Å². The molecular formula is C34H43F3N10O4. The number of nitrogens with one attached hydrogen (secondary N) is 1. The van der Waals surface area contributed by atoms with E-state index in [1.165, 1.54) is 0 Å². The van der Waals surface area contributed by atoms with Crippen LogP contribution in [0.15, 0.2) is 30.6 Å². The number of carboxylic acids is 1. The SMILES string of the molecule is CN1CCN(C(=O)C2CCN(Cc3ccc(C(=O)N(Nc4nc(C#N)nc5c4ncn5C)C4CCCCC4)cc3)CC2)CC1.O=C(O)C(F)(F)F. The number of carbonyl (C=O) groups excluding carboxylic acids is 2. The van der Waals surface area contributed by atoms with Crippen molar-refractivity contribution in [1.82, 2.24) is 39.2 Å². The van der Waals surface area contributed by atoms with Crippen LogP contribution in [-0.4, -0.2) is 121 Å². The Morgan fingerprint density at radius 1 is 0.961 bits per heavy atom. The number of anilines is 1. The van der Waals surface area contributed by atoms with E-state index >= 15 is 0 Å². The smallest absolute Gasteiger partial charge is 0.475 e. The minimum Gasteiger partial charge on any atom is -0.475 e. The second-order valence-electron chi connectivity index (χ2n) is 13.3. The van der Waals surface area contributed by atoms with E-state index in [4.69, 9.17) is 9.90 Å². The van der Waals surface area contributed by atoms with Crippen molar-refractivity contribution >= 4 is 34.8 Å². The van der Waals surface area contributed by atoms with Crippen LogP contribution in [0.3, 0.4) is 0 Å². The summed E-state index contributed by atoms with van der Waals surface area (Å²) in [6.45, 7) is 6.17. The molecule has 2 aliphatic heterocycles. The Morgan fingerprint density at radius 3 is 2.18 bits per heavy atom. The average molecular weight is 713 g/mol. The monoisotopic (exact) mass is 712 g/mol. The number of amides is 2. The number of halogens is 3. The van der Waals surface area contributed by atoms with Crippen molar-refractivity contribution in [3.05, 3.63) is 47.5 Å². The third-order valence-electron chi connectivity index (χ3n) is 9.65. The first kappa shape index (κ1) is 37.4. The predicted molar refractivity (Wildman–Crippen MR) is 180 cm³/mol. The summed E-state index contributed by atoms with van der Waals surface area (Å²) in [6, 6.07) is 9.89. The maximum atomic E-state index is 14.0. The van der Waals surface area contributed by atoms with Gasteiger partial charge in [-0.15, -0.1) is 0 Å². The number of nitriles is 1. The number of benzene rings is 1. The number of aryl methyl sites for hydroxylation is 1. The minimum atomic E-state index is -5.08. The molecule has 1 aliphatic carbocycles. The molecule has 3 aromatic rings. The van der Waals surface area contributed by atoms with Gasteiger partial charge in [-0.1, -0.05) is 31.4 Å². The van der Waals surface area contributed by atoms with Gasteiger partial charge in [0.1, 0.15) is 6.07 Å². The number of aromatic nitrogens is 4. The van der Waals surface area contributed by atoms with Crippen molar-refractivity contribution in [1.29, 1.82) is 5.26 Å². The molecule has 2 saturated heterocycles. The number of carbonyl (C=O) groups is 3. The zero-order chi connectivity index (χ0) is 36.7. The summed E-state index contributed by atoms with van der Waals surface area (Å²) in [7, 11) is 3.92. The largest absolute Gasteiger partial charge is 0.490 e. The lowest BCUT2D eigenvalue weighted by Gasteiger charge is -2.37. The number of piperazine rings is 1. The first-order valence-electron chi connectivity index (χ1n) is 17.1. The highest BCUT2D eigenvalue weighted by atomic mass is 19.4. The minimum absolute atomic E-state index is 0.00467. The summed E-state index contributed by atoms with van der Waals surface area (Å²) < 4.78 is 33.5. The predicted octanol–water partition coefficient (Wildman–Crippen LogP) is 3.66. The quantitative estimate of drug-likeness (QED) is 0.344. The fourth-order valence-electron chi connectivity index (χ4n) is 6.67. The number of likely N-dealkylation sites (N-methyl/N-ethyl adjacent to an activating group) is 1. The molecule has 3 aliphatic rings. The number of carboxylic acid groups (broad SMARTS) is 1. The molecule has 0 radical (unpaired) electrons. The van der Waals surface area contributed by atoms with Crippen LogP contribution in [0.5, 0.6) is 0 Å². The van der Waals surface area contributed by atoms with Gasteiger partial charge < -0.3 is 19.5 Å². The second kappa shape index (κ2) is 16.5. The van der Waals surface area contributed by atoms with Crippen LogP contribution < -0.4 is 5.43 Å². The van der Waals surface area contributed by atoms with Crippen molar-refractivity contribution in [2.45, 2.75) is 63.7 Å². The molecule has 2 N–H and O–H groups in total. The Balaban J connectivity index is 0.000000654. The van der Waals surface area contributed by atoms with E-state index in [-0.39, 0.29) is 23.7 Å². The van der Waals surface area contributed by atoms with Crippen LogP contribution in [-0.2, 0) is 23.2 Å². The molecule has 1 saturated carbocycles. The van der Waals surface area contributed by atoms with E-state index in [0.717, 1.165) is 96.3 Å². The maximum Gasteiger partial charge on any atom is 0.490 e. The third-order valence-corrected chi connectivity index (χ3v) is 9.65. The van der Waals surface area contributed by atoms with Crippen LogP contribution in [0.2, 0.25) is 0 Å². The number of nitrogens with zero attached hydrogens (tertiary/aromatic N) is 9. The summed E-state index contributed by atoms with van der Waals surface area (Å²) in [5.74, 6) is -2.06. The summed E-state index contributed by atoms with van der Waals surface area (Å²) in [4.78, 5) is 55.7. The molecule has 1 aromatic carbocycles. The van der Waals surface area contributed by atoms with E-state index in [2.05, 4.69) is 37.2 Å². The molecule has 274 valence electrons. The number of piperidine rings is 1. The molecular weight excluding hydrogens is 669 g/mol. The Kier molecular flexibility index (Phi) is 12.1. The molecule has 0 unspecified atom stereocenters. The lowest BCUT2D eigenvalue weighted by molar-refractivity contribution is -0.192. The molecule has 0 spiro atoms. The van der Waals surface area contributed by atoms with Crippen LogP contribution in [0.25, 0.3) is 11.2 Å². The van der Waals surface area contributed by atoms with Gasteiger partial charge >= 0.3 is 12.1 Å². The molecule has 0 atom stereocenters. The number of imidazole rings is 1. The topological polar surface area (TPSA) is 164 Å². The van der Waals surface area contributed by atoms with Crippen LogP contribution in [0.1, 0.15) is 66.7 Å². The van der Waals surface area contributed by atoms with Crippen molar-refractivity contribution in [3.63, 3.8) is 0 Å². The summed E-state index contributed by atoms with van der Waals surface area (Å²) in [5.41, 5.74) is 6.05. The lowest BCUT2D eigenvalue weighted by atomic mass is 9.94. The van der Waals surface area contributed by atoms with Crippen molar-refractivity contribution in [2.24, 2.45) is 13.0 Å². The highest BCUT2D eigenvalue weighted by Gasteiger charge is 2.38. The molecule has 4 heterocycles. The van der Waals surface area contributed by atoms with E-state index in [9.17, 15) is 28.0 Å². The van der Waals surface area contributed by atoms with Gasteiger partial charge in [0.2, 0.25) is 11.7 Å². The molecule has 14 nitrogen and oxygen atoms in total. The van der Waals surface area contributed by atoms with Gasteiger partial charge in [0, 0.05) is 51.3 Å². The molecule has 3 fully saturated rings. The summed E-state index contributed by atoms with van der Waals surface area (Å²) >= 11 is 0. The van der Waals surface area contributed by atoms with E-state index in [1.54, 1.807) is 15.9 Å². The molecule has 51 heavy (non-hydrogen) atoms. The first-order valence-corrected chi connectivity index (χ1v) is 17.1. The van der Waals surface area contributed by atoms with Crippen molar-refractivity contribution < 1.29 is 32.7 Å². The van der Waals surface area contributed by atoms with Crippen LogP contribution in [0.4, 0.5) is 19.0 Å². The van der Waals surface area contributed by atoms with Gasteiger partial charge in [0.05, 0.1) is 12.4 Å². The summed E-state index contributed by atoms with van der Waals surface area (Å²) in [6.07, 6.45) is 3.39. The van der Waals surface area contributed by atoms with Crippen molar-refractivity contribution in [2.75, 3.05) is 51.7 Å². The number of aliphatic carboxylic acids is 1. The van der Waals surface area contributed by atoms with Gasteiger partial charge in [-0.3, -0.25) is 19.9 Å². The number of likely N-dealkylation sites (tertiary alicyclic amines) is 1. The summed E-state index contributed by atoms with van der Waals surface area (Å²) in [5, 5.41) is 18.3. The highest BCUT2D eigenvalue weighted by molar-refractivity contribution is 5.96. The zero-order valence-corrected chi connectivity index (χ0v) is 28.8. The number of hydrogen-bond acceptors (Lipinski definition) is 10. The van der Waals surface area contributed by atoms with E-state index in [1.807, 2.05) is 42.3 Å².